The van der Waals surface area contributed by atoms with Gasteiger partial charge in [0, 0.05) is 42.8 Å². The largest absolute Gasteiger partial charge is 0.495 e. The van der Waals surface area contributed by atoms with Gasteiger partial charge in [0.15, 0.2) is 0 Å². The van der Waals surface area contributed by atoms with E-state index in [4.69, 9.17) is 16.3 Å². The highest BCUT2D eigenvalue weighted by Crippen LogP contribution is 2.26. The zero-order chi connectivity index (χ0) is 20.8. The summed E-state index contributed by atoms with van der Waals surface area (Å²) in [6.07, 6.45) is 3.12. The average molecular weight is 414 g/mol. The van der Waals surface area contributed by atoms with Crippen LogP contribution in [0.2, 0.25) is 5.02 Å². The number of halogens is 1. The van der Waals surface area contributed by atoms with Crippen LogP contribution in [-0.4, -0.2) is 62.0 Å². The molecule has 1 fully saturated rings. The molecule has 2 aromatic rings. The lowest BCUT2D eigenvalue weighted by Gasteiger charge is -2.32. The molecule has 7 heteroatoms. The molecule has 3 rings (SSSR count). The van der Waals surface area contributed by atoms with Crippen LogP contribution in [0.15, 0.2) is 48.5 Å². The molecule has 0 saturated carbocycles. The lowest BCUT2D eigenvalue weighted by molar-refractivity contribution is -0.111. The Morgan fingerprint density at radius 1 is 1.07 bits per heavy atom. The first-order valence-corrected chi connectivity index (χ1v) is 9.74. The fraction of sp³-hybridized carbons (Fsp3) is 0.273. The summed E-state index contributed by atoms with van der Waals surface area (Å²) in [4.78, 5) is 29.2. The first kappa shape index (κ1) is 20.9. The molecule has 29 heavy (non-hydrogen) atoms. The highest BCUT2D eigenvalue weighted by molar-refractivity contribution is 6.30. The van der Waals surface area contributed by atoms with E-state index < -0.39 is 0 Å². The summed E-state index contributed by atoms with van der Waals surface area (Å²) in [6.45, 7) is 3.07. The number of nitrogens with one attached hydrogen (secondary N) is 1. The standard InChI is InChI=1S/C22H24ClN3O3/c1-25-11-13-26(14-12-25)22(28)17-6-9-20(29-2)19(15-17)24-21(27)10-5-16-3-7-18(23)8-4-16/h3-10,15H,11-14H2,1-2H3,(H,24,27). The van der Waals surface area contributed by atoms with E-state index in [9.17, 15) is 9.59 Å². The number of likely N-dealkylation sites (N-methyl/N-ethyl adjacent to an activating group) is 1. The lowest BCUT2D eigenvalue weighted by Crippen LogP contribution is -2.47. The van der Waals surface area contributed by atoms with Gasteiger partial charge in [-0.25, -0.2) is 0 Å². The minimum Gasteiger partial charge on any atom is -0.495 e. The summed E-state index contributed by atoms with van der Waals surface area (Å²) in [5, 5.41) is 3.43. The van der Waals surface area contributed by atoms with Crippen LogP contribution in [0.25, 0.3) is 6.08 Å². The van der Waals surface area contributed by atoms with Crippen LogP contribution in [0.5, 0.6) is 5.75 Å². The summed E-state index contributed by atoms with van der Waals surface area (Å²) < 4.78 is 5.33. The molecular formula is C22H24ClN3O3. The quantitative estimate of drug-likeness (QED) is 0.763. The van der Waals surface area contributed by atoms with Crippen molar-refractivity contribution in [2.24, 2.45) is 0 Å². The van der Waals surface area contributed by atoms with E-state index in [0.29, 0.717) is 35.1 Å². The summed E-state index contributed by atoms with van der Waals surface area (Å²) in [5.41, 5.74) is 1.83. The van der Waals surface area contributed by atoms with E-state index in [2.05, 4.69) is 10.2 Å². The molecule has 0 spiro atoms. The summed E-state index contributed by atoms with van der Waals surface area (Å²) in [6, 6.07) is 12.2. The minimum absolute atomic E-state index is 0.0482. The smallest absolute Gasteiger partial charge is 0.254 e. The van der Waals surface area contributed by atoms with Gasteiger partial charge < -0.3 is 19.9 Å². The number of carbonyl (C=O) groups is 2. The second-order valence-corrected chi connectivity index (χ2v) is 7.32. The third-order valence-electron chi connectivity index (χ3n) is 4.79. The molecule has 1 saturated heterocycles. The molecule has 2 aromatic carbocycles. The number of amides is 2. The van der Waals surface area contributed by atoms with Gasteiger partial charge in [-0.05, 0) is 49.0 Å². The van der Waals surface area contributed by atoms with Gasteiger partial charge in [-0.2, -0.15) is 0 Å². The molecule has 1 N–H and O–H groups in total. The van der Waals surface area contributed by atoms with Crippen LogP contribution in [-0.2, 0) is 4.79 Å². The lowest BCUT2D eigenvalue weighted by atomic mass is 10.1. The molecule has 0 aliphatic carbocycles. The van der Waals surface area contributed by atoms with E-state index in [1.165, 1.54) is 13.2 Å². The first-order valence-electron chi connectivity index (χ1n) is 9.37. The van der Waals surface area contributed by atoms with Crippen LogP contribution >= 0.6 is 11.6 Å². The highest BCUT2D eigenvalue weighted by atomic mass is 35.5. The third-order valence-corrected chi connectivity index (χ3v) is 5.04. The van der Waals surface area contributed by atoms with Gasteiger partial charge in [0.25, 0.3) is 5.91 Å². The maximum Gasteiger partial charge on any atom is 0.254 e. The Bertz CT molecular complexity index is 904. The molecule has 0 unspecified atom stereocenters. The van der Waals surface area contributed by atoms with Crippen molar-refractivity contribution in [3.63, 3.8) is 0 Å². The summed E-state index contributed by atoms with van der Waals surface area (Å²) in [5.74, 6) is 0.128. The van der Waals surface area contributed by atoms with Crippen LogP contribution in [0.4, 0.5) is 5.69 Å². The van der Waals surface area contributed by atoms with Crippen molar-refractivity contribution in [3.05, 3.63) is 64.7 Å². The second kappa shape index (κ2) is 9.58. The number of nitrogens with zero attached hydrogens (tertiary/aromatic N) is 2. The number of ether oxygens (including phenoxy) is 1. The Morgan fingerprint density at radius 3 is 2.41 bits per heavy atom. The van der Waals surface area contributed by atoms with Gasteiger partial charge >= 0.3 is 0 Å². The molecular weight excluding hydrogens is 390 g/mol. The predicted octanol–water partition coefficient (Wildman–Crippen LogP) is 3.39. The number of methoxy groups -OCH3 is 1. The van der Waals surface area contributed by atoms with Crippen LogP contribution in [0, 0.1) is 0 Å². The Morgan fingerprint density at radius 2 is 1.76 bits per heavy atom. The van der Waals surface area contributed by atoms with Gasteiger partial charge in [0.05, 0.1) is 12.8 Å². The van der Waals surface area contributed by atoms with E-state index in [-0.39, 0.29) is 11.8 Å². The molecule has 0 aromatic heterocycles. The molecule has 1 aliphatic heterocycles. The van der Waals surface area contributed by atoms with Gasteiger partial charge in [-0.1, -0.05) is 23.7 Å². The molecule has 0 bridgehead atoms. The molecule has 6 nitrogen and oxygen atoms in total. The van der Waals surface area contributed by atoms with Crippen LogP contribution < -0.4 is 10.1 Å². The normalized spacial score (nSPS) is 14.8. The van der Waals surface area contributed by atoms with Crippen molar-refractivity contribution in [2.45, 2.75) is 0 Å². The molecule has 0 radical (unpaired) electrons. The minimum atomic E-state index is -0.317. The molecule has 1 aliphatic rings. The number of benzene rings is 2. The number of piperazine rings is 1. The van der Waals surface area contributed by atoms with Crippen LogP contribution in [0.3, 0.4) is 0 Å². The Balaban J connectivity index is 1.72. The summed E-state index contributed by atoms with van der Waals surface area (Å²) in [7, 11) is 3.57. The molecule has 1 heterocycles. The molecule has 152 valence electrons. The van der Waals surface area contributed by atoms with Crippen molar-refractivity contribution in [3.8, 4) is 5.75 Å². The Labute approximate surface area is 175 Å². The Kier molecular flexibility index (Phi) is 6.90. The van der Waals surface area contributed by atoms with Crippen molar-refractivity contribution in [1.29, 1.82) is 0 Å². The highest BCUT2D eigenvalue weighted by Gasteiger charge is 2.21. The molecule has 0 atom stereocenters. The van der Waals surface area contributed by atoms with Gasteiger partial charge in [0.1, 0.15) is 5.75 Å². The number of hydrogen-bond donors (Lipinski definition) is 1. The van der Waals surface area contributed by atoms with E-state index in [1.807, 2.05) is 24.1 Å². The maximum absolute atomic E-state index is 12.8. The number of hydrogen-bond acceptors (Lipinski definition) is 4. The predicted molar refractivity (Wildman–Crippen MR) is 116 cm³/mol. The Hall–Kier alpha value is -2.83. The van der Waals surface area contributed by atoms with Crippen LogP contribution in [0.1, 0.15) is 15.9 Å². The fourth-order valence-corrected chi connectivity index (χ4v) is 3.18. The number of rotatable bonds is 5. The van der Waals surface area contributed by atoms with Gasteiger partial charge in [0.2, 0.25) is 5.91 Å². The van der Waals surface area contributed by atoms with Crippen molar-refractivity contribution in [2.75, 3.05) is 45.7 Å². The zero-order valence-corrected chi connectivity index (χ0v) is 17.3. The van der Waals surface area contributed by atoms with Gasteiger partial charge in [-0.3, -0.25) is 9.59 Å². The number of carbonyl (C=O) groups excluding carboxylic acids is 2. The van der Waals surface area contributed by atoms with E-state index in [1.54, 1.807) is 36.4 Å². The van der Waals surface area contributed by atoms with Gasteiger partial charge in [-0.15, -0.1) is 0 Å². The second-order valence-electron chi connectivity index (χ2n) is 6.88. The topological polar surface area (TPSA) is 61.9 Å². The van der Waals surface area contributed by atoms with E-state index in [0.717, 1.165) is 18.7 Å². The fourth-order valence-electron chi connectivity index (χ4n) is 3.05. The van der Waals surface area contributed by atoms with Crippen molar-refractivity contribution < 1.29 is 14.3 Å². The average Bonchev–Trinajstić information content (AvgIpc) is 2.73. The SMILES string of the molecule is COc1ccc(C(=O)N2CCN(C)CC2)cc1NC(=O)C=Cc1ccc(Cl)cc1. The zero-order valence-electron chi connectivity index (χ0n) is 16.5. The number of anilines is 1. The third kappa shape index (κ3) is 5.59. The van der Waals surface area contributed by atoms with Crippen molar-refractivity contribution in [1.82, 2.24) is 9.80 Å². The van der Waals surface area contributed by atoms with Crippen molar-refractivity contribution >= 4 is 35.2 Å². The monoisotopic (exact) mass is 413 g/mol. The molecule has 2 amide bonds. The summed E-state index contributed by atoms with van der Waals surface area (Å²) >= 11 is 5.87. The maximum atomic E-state index is 12.8. The first-order chi connectivity index (χ1) is 14.0. The van der Waals surface area contributed by atoms with E-state index >= 15 is 0 Å².